The van der Waals surface area contributed by atoms with Crippen molar-refractivity contribution < 1.29 is 23.1 Å². The Morgan fingerprint density at radius 2 is 2.04 bits per heavy atom. The predicted octanol–water partition coefficient (Wildman–Crippen LogP) is 3.81. The Morgan fingerprint density at radius 1 is 1.28 bits per heavy atom. The Balaban J connectivity index is 1.98. The zero-order valence-electron chi connectivity index (χ0n) is 13.6. The zero-order valence-corrected chi connectivity index (χ0v) is 14.4. The number of rotatable bonds is 6. The predicted molar refractivity (Wildman–Crippen MR) is 90.9 cm³/mol. The molecule has 0 atom stereocenters. The summed E-state index contributed by atoms with van der Waals surface area (Å²) in [5.41, 5.74) is 2.36. The van der Waals surface area contributed by atoms with Crippen LogP contribution >= 0.6 is 11.8 Å². The van der Waals surface area contributed by atoms with Crippen LogP contribution in [0.5, 0.6) is 0 Å². The largest absolute Gasteiger partial charge is 0.452 e. The van der Waals surface area contributed by atoms with Crippen LogP contribution in [0.4, 0.5) is 14.5 Å². The fourth-order valence-electron chi connectivity index (χ4n) is 1.99. The van der Waals surface area contributed by atoms with Crippen molar-refractivity contribution in [1.29, 1.82) is 0 Å². The second-order valence-corrected chi connectivity index (χ2v) is 6.16. The lowest BCUT2D eigenvalue weighted by Crippen LogP contribution is -2.21. The maximum Gasteiger partial charge on any atom is 0.341 e. The lowest BCUT2D eigenvalue weighted by atomic mass is 10.1. The van der Waals surface area contributed by atoms with E-state index in [2.05, 4.69) is 10.3 Å². The first kappa shape index (κ1) is 18.9. The van der Waals surface area contributed by atoms with Gasteiger partial charge in [0.15, 0.2) is 6.61 Å². The number of alkyl halides is 2. The number of benzene rings is 1. The van der Waals surface area contributed by atoms with Crippen LogP contribution in [0, 0.1) is 13.8 Å². The highest BCUT2D eigenvalue weighted by Gasteiger charge is 2.18. The van der Waals surface area contributed by atoms with Crippen LogP contribution in [0.25, 0.3) is 0 Å². The van der Waals surface area contributed by atoms with Crippen molar-refractivity contribution in [3.8, 4) is 0 Å². The molecule has 2 aromatic rings. The number of nitrogens with one attached hydrogen (secondary N) is 1. The van der Waals surface area contributed by atoms with Gasteiger partial charge >= 0.3 is 5.97 Å². The number of hydrogen-bond donors (Lipinski definition) is 1. The van der Waals surface area contributed by atoms with Gasteiger partial charge in [0, 0.05) is 11.9 Å². The molecule has 1 amide bonds. The van der Waals surface area contributed by atoms with E-state index >= 15 is 0 Å². The molecule has 0 bridgehead atoms. The number of nitrogens with zero attached hydrogens (tertiary/aromatic N) is 1. The number of aryl methyl sites for hydroxylation is 2. The Hall–Kier alpha value is -2.48. The van der Waals surface area contributed by atoms with Crippen LogP contribution in [-0.2, 0) is 9.53 Å². The number of carbonyl (C=O) groups excluding carboxylic acids is 2. The van der Waals surface area contributed by atoms with Crippen LogP contribution in [0.1, 0.15) is 21.5 Å². The third-order valence-electron chi connectivity index (χ3n) is 3.19. The van der Waals surface area contributed by atoms with Crippen molar-refractivity contribution in [3.05, 3.63) is 53.2 Å². The molecule has 0 saturated carbocycles. The third kappa shape index (κ3) is 5.53. The summed E-state index contributed by atoms with van der Waals surface area (Å²) in [7, 11) is 0. The zero-order chi connectivity index (χ0) is 18.4. The van der Waals surface area contributed by atoms with Gasteiger partial charge in [-0.15, -0.1) is 0 Å². The van der Waals surface area contributed by atoms with E-state index in [1.165, 1.54) is 18.3 Å². The number of esters is 1. The molecule has 0 aliphatic rings. The van der Waals surface area contributed by atoms with E-state index in [1.54, 1.807) is 6.07 Å². The van der Waals surface area contributed by atoms with E-state index in [0.717, 1.165) is 11.1 Å². The fraction of sp³-hybridized carbons (Fsp3) is 0.235. The fourth-order valence-corrected chi connectivity index (χ4v) is 2.56. The van der Waals surface area contributed by atoms with Crippen molar-refractivity contribution >= 4 is 29.3 Å². The van der Waals surface area contributed by atoms with Crippen molar-refractivity contribution in [2.24, 2.45) is 0 Å². The molecule has 1 heterocycles. The van der Waals surface area contributed by atoms with Gasteiger partial charge in [-0.25, -0.2) is 9.78 Å². The van der Waals surface area contributed by atoms with E-state index in [9.17, 15) is 18.4 Å². The molecule has 1 aromatic heterocycles. The molecule has 25 heavy (non-hydrogen) atoms. The van der Waals surface area contributed by atoms with Gasteiger partial charge in [0.05, 0.1) is 5.56 Å². The van der Waals surface area contributed by atoms with E-state index < -0.39 is 24.2 Å². The summed E-state index contributed by atoms with van der Waals surface area (Å²) in [6.07, 6.45) is 1.30. The first-order valence-electron chi connectivity index (χ1n) is 7.31. The van der Waals surface area contributed by atoms with Gasteiger partial charge in [0.2, 0.25) is 0 Å². The monoisotopic (exact) mass is 366 g/mol. The lowest BCUT2D eigenvalue weighted by molar-refractivity contribution is -0.119. The Morgan fingerprint density at radius 3 is 2.76 bits per heavy atom. The van der Waals surface area contributed by atoms with E-state index in [0.29, 0.717) is 5.69 Å². The van der Waals surface area contributed by atoms with Gasteiger partial charge in [-0.3, -0.25) is 4.79 Å². The number of hydrogen-bond acceptors (Lipinski definition) is 5. The minimum absolute atomic E-state index is 0.104. The quantitative estimate of drug-likeness (QED) is 0.622. The lowest BCUT2D eigenvalue weighted by Gasteiger charge is -2.10. The van der Waals surface area contributed by atoms with Crippen molar-refractivity contribution in [3.63, 3.8) is 0 Å². The first-order chi connectivity index (χ1) is 11.9. The molecule has 5 nitrogen and oxygen atoms in total. The van der Waals surface area contributed by atoms with Crippen LogP contribution in [0.3, 0.4) is 0 Å². The van der Waals surface area contributed by atoms with Crippen LogP contribution in [-0.4, -0.2) is 29.2 Å². The van der Waals surface area contributed by atoms with E-state index in [1.807, 2.05) is 26.0 Å². The number of carbonyl (C=O) groups is 2. The molecule has 0 fully saturated rings. The Kier molecular flexibility index (Phi) is 6.46. The standard InChI is InChI=1S/C17H16F2N2O3S/c1-10-5-6-11(2)13(8-10)21-14(22)9-24-16(23)12-4-3-7-20-15(12)25-17(18)19/h3-8,17H,9H2,1-2H3,(H,21,22). The highest BCUT2D eigenvalue weighted by Crippen LogP contribution is 2.26. The maximum atomic E-state index is 12.5. The molecule has 0 saturated heterocycles. The minimum atomic E-state index is -2.71. The van der Waals surface area contributed by atoms with Crippen LogP contribution in [0.2, 0.25) is 0 Å². The average molecular weight is 366 g/mol. The molecule has 0 aliphatic carbocycles. The molecule has 0 unspecified atom stereocenters. The summed E-state index contributed by atoms with van der Waals surface area (Å²) in [4.78, 5) is 27.7. The summed E-state index contributed by atoms with van der Waals surface area (Å²) in [5.74, 6) is -4.12. The van der Waals surface area contributed by atoms with Crippen molar-refractivity contribution in [2.45, 2.75) is 24.6 Å². The van der Waals surface area contributed by atoms with Gasteiger partial charge in [0.1, 0.15) is 5.03 Å². The van der Waals surface area contributed by atoms with Crippen molar-refractivity contribution in [2.75, 3.05) is 11.9 Å². The SMILES string of the molecule is Cc1ccc(C)c(NC(=O)COC(=O)c2cccnc2SC(F)F)c1. The summed E-state index contributed by atoms with van der Waals surface area (Å²) in [5, 5.41) is 2.51. The third-order valence-corrected chi connectivity index (χ3v) is 3.92. The van der Waals surface area contributed by atoms with Crippen molar-refractivity contribution in [1.82, 2.24) is 4.98 Å². The summed E-state index contributed by atoms with van der Waals surface area (Å²) in [6.45, 7) is 3.20. The second-order valence-electron chi connectivity index (χ2n) is 5.18. The number of aromatic nitrogens is 1. The molecule has 1 aromatic carbocycles. The van der Waals surface area contributed by atoms with Gasteiger partial charge in [-0.2, -0.15) is 8.78 Å². The van der Waals surface area contributed by atoms with E-state index in [4.69, 9.17) is 4.74 Å². The maximum absolute atomic E-state index is 12.5. The molecule has 1 N–H and O–H groups in total. The van der Waals surface area contributed by atoms with Gasteiger partial charge in [-0.1, -0.05) is 12.1 Å². The average Bonchev–Trinajstić information content (AvgIpc) is 2.56. The molecule has 2 rings (SSSR count). The number of thioether (sulfide) groups is 1. The highest BCUT2D eigenvalue weighted by atomic mass is 32.2. The van der Waals surface area contributed by atoms with E-state index in [-0.39, 0.29) is 22.4 Å². The molecule has 0 radical (unpaired) electrons. The second kappa shape index (κ2) is 8.57. The summed E-state index contributed by atoms with van der Waals surface area (Å²) >= 11 is 0.148. The first-order valence-corrected chi connectivity index (χ1v) is 8.19. The molecular formula is C17H16F2N2O3S. The molecule has 132 valence electrons. The Labute approximate surface area is 147 Å². The van der Waals surface area contributed by atoms with Gasteiger partial charge in [-0.05, 0) is 54.9 Å². The number of amides is 1. The van der Waals surface area contributed by atoms with Gasteiger partial charge < -0.3 is 10.1 Å². The molecule has 0 aliphatic heterocycles. The van der Waals surface area contributed by atoms with Crippen LogP contribution in [0.15, 0.2) is 41.6 Å². The molecule has 0 spiro atoms. The summed E-state index contributed by atoms with van der Waals surface area (Å²) < 4.78 is 29.9. The Bertz CT molecular complexity index is 784. The van der Waals surface area contributed by atoms with Gasteiger partial charge in [0.25, 0.3) is 11.7 Å². The van der Waals surface area contributed by atoms with Crippen LogP contribution < -0.4 is 5.32 Å². The number of halogens is 2. The number of anilines is 1. The smallest absolute Gasteiger partial charge is 0.341 e. The summed E-state index contributed by atoms with van der Waals surface area (Å²) in [6, 6.07) is 8.33. The highest BCUT2D eigenvalue weighted by molar-refractivity contribution is 7.99. The normalized spacial score (nSPS) is 10.6. The molecular weight excluding hydrogens is 350 g/mol. The molecule has 8 heteroatoms. The number of ether oxygens (including phenoxy) is 1. The number of pyridine rings is 1. The minimum Gasteiger partial charge on any atom is -0.452 e. The topological polar surface area (TPSA) is 68.3 Å².